The molecule has 0 saturated heterocycles. The Bertz CT molecular complexity index is 480. The fourth-order valence-corrected chi connectivity index (χ4v) is 2.70. The molecule has 0 radical (unpaired) electrons. The zero-order valence-electron chi connectivity index (χ0n) is 10.9. The average molecular weight is 274 g/mol. The number of methoxy groups -OCH3 is 1. The lowest BCUT2D eigenvalue weighted by atomic mass is 9.98. The number of aromatic amines is 1. The summed E-state index contributed by atoms with van der Waals surface area (Å²) in [6.45, 7) is 3.54. The molecule has 0 bridgehead atoms. The van der Waals surface area contributed by atoms with Crippen LogP contribution in [-0.4, -0.2) is 38.6 Å². The molecule has 3 N–H and O–H groups in total. The van der Waals surface area contributed by atoms with Crippen LogP contribution in [0.4, 0.5) is 0 Å². The number of nitrogens with zero attached hydrogens (tertiary/aromatic N) is 2. The fraction of sp³-hybridized carbons (Fsp3) is 0.700. The molecule has 0 saturated carbocycles. The highest BCUT2D eigenvalue weighted by Crippen LogP contribution is 2.25. The van der Waals surface area contributed by atoms with E-state index in [-0.39, 0.29) is 10.9 Å². The van der Waals surface area contributed by atoms with E-state index in [4.69, 9.17) is 5.73 Å². The number of thioether (sulfide) groups is 1. The lowest BCUT2D eigenvalue weighted by Gasteiger charge is -2.24. The summed E-state index contributed by atoms with van der Waals surface area (Å²) in [4.78, 5) is 22.7. The van der Waals surface area contributed by atoms with E-state index in [1.165, 1.54) is 23.4 Å². The molecule has 102 valence electrons. The molecule has 0 aliphatic rings. The van der Waals surface area contributed by atoms with Gasteiger partial charge in [-0.05, 0) is 13.3 Å². The summed E-state index contributed by atoms with van der Waals surface area (Å²) in [5, 5.41) is 6.82. The van der Waals surface area contributed by atoms with Crippen molar-refractivity contribution in [1.29, 1.82) is 0 Å². The molecule has 0 aliphatic heterocycles. The molecule has 1 aromatic heterocycles. The standard InChI is InChI=1S/C10H18N4O3S/c1-6(5-10(2,11)7(15)17-4)18-9-13-12-8(16)14(9)3/h6H,5,11H2,1-4H3,(H,12,16). The monoisotopic (exact) mass is 274 g/mol. The third-order valence-electron chi connectivity index (χ3n) is 2.51. The third-order valence-corrected chi connectivity index (χ3v) is 3.65. The van der Waals surface area contributed by atoms with Crippen molar-refractivity contribution in [2.45, 2.75) is 36.2 Å². The Morgan fingerprint density at radius 1 is 1.72 bits per heavy atom. The molecule has 18 heavy (non-hydrogen) atoms. The van der Waals surface area contributed by atoms with Crippen molar-refractivity contribution < 1.29 is 9.53 Å². The van der Waals surface area contributed by atoms with Crippen molar-refractivity contribution in [2.75, 3.05) is 7.11 Å². The van der Waals surface area contributed by atoms with E-state index in [2.05, 4.69) is 14.9 Å². The first-order valence-electron chi connectivity index (χ1n) is 5.43. The maximum atomic E-state index is 11.5. The molecule has 8 heteroatoms. The Hall–Kier alpha value is -1.28. The molecule has 0 amide bonds. The Balaban J connectivity index is 2.67. The van der Waals surface area contributed by atoms with Crippen LogP contribution in [0.3, 0.4) is 0 Å². The van der Waals surface area contributed by atoms with E-state index >= 15 is 0 Å². The van der Waals surface area contributed by atoms with Crippen molar-refractivity contribution in [3.8, 4) is 0 Å². The number of carbonyl (C=O) groups excluding carboxylic acids is 1. The number of ether oxygens (including phenoxy) is 1. The number of hydrogen-bond acceptors (Lipinski definition) is 6. The second-order valence-electron chi connectivity index (χ2n) is 4.41. The minimum absolute atomic E-state index is 0.0213. The molecular weight excluding hydrogens is 256 g/mol. The lowest BCUT2D eigenvalue weighted by molar-refractivity contribution is -0.146. The van der Waals surface area contributed by atoms with Gasteiger partial charge in [0.05, 0.1) is 7.11 Å². The van der Waals surface area contributed by atoms with E-state index in [0.29, 0.717) is 11.6 Å². The second kappa shape index (κ2) is 5.57. The normalized spacial score (nSPS) is 16.1. The van der Waals surface area contributed by atoms with E-state index in [1.54, 1.807) is 14.0 Å². The van der Waals surface area contributed by atoms with Crippen LogP contribution in [-0.2, 0) is 16.6 Å². The van der Waals surface area contributed by atoms with Gasteiger partial charge in [-0.3, -0.25) is 9.36 Å². The van der Waals surface area contributed by atoms with Crippen molar-refractivity contribution in [2.24, 2.45) is 12.8 Å². The molecule has 1 heterocycles. The van der Waals surface area contributed by atoms with Crippen molar-refractivity contribution in [1.82, 2.24) is 14.8 Å². The molecule has 2 atom stereocenters. The van der Waals surface area contributed by atoms with Crippen LogP contribution in [0.1, 0.15) is 20.3 Å². The van der Waals surface area contributed by atoms with E-state index in [0.717, 1.165) is 0 Å². The zero-order valence-corrected chi connectivity index (χ0v) is 11.7. The molecule has 0 fully saturated rings. The van der Waals surface area contributed by atoms with Gasteiger partial charge in [-0.25, -0.2) is 9.89 Å². The molecule has 0 aliphatic carbocycles. The van der Waals surface area contributed by atoms with Crippen LogP contribution in [0.15, 0.2) is 9.95 Å². The van der Waals surface area contributed by atoms with Gasteiger partial charge in [-0.1, -0.05) is 18.7 Å². The highest BCUT2D eigenvalue weighted by atomic mass is 32.2. The second-order valence-corrected chi connectivity index (χ2v) is 5.82. The molecule has 0 aromatic carbocycles. The highest BCUT2D eigenvalue weighted by Gasteiger charge is 2.32. The predicted molar refractivity (Wildman–Crippen MR) is 68.4 cm³/mol. The van der Waals surface area contributed by atoms with Crippen molar-refractivity contribution in [3.05, 3.63) is 10.5 Å². The van der Waals surface area contributed by atoms with Gasteiger partial charge in [0.1, 0.15) is 5.54 Å². The quantitative estimate of drug-likeness (QED) is 0.572. The maximum absolute atomic E-state index is 11.5. The third kappa shape index (κ3) is 3.36. The van der Waals surface area contributed by atoms with Crippen LogP contribution in [0.2, 0.25) is 0 Å². The van der Waals surface area contributed by atoms with E-state index in [9.17, 15) is 9.59 Å². The topological polar surface area (TPSA) is 103 Å². The summed E-state index contributed by atoms with van der Waals surface area (Å²) in [7, 11) is 2.94. The van der Waals surface area contributed by atoms with Crippen LogP contribution >= 0.6 is 11.8 Å². The van der Waals surface area contributed by atoms with Crippen LogP contribution in [0.25, 0.3) is 0 Å². The Kier molecular flexibility index (Phi) is 4.58. The number of nitrogens with one attached hydrogen (secondary N) is 1. The first-order valence-corrected chi connectivity index (χ1v) is 6.31. The molecule has 1 aromatic rings. The van der Waals surface area contributed by atoms with Gasteiger partial charge in [0.25, 0.3) is 0 Å². The van der Waals surface area contributed by atoms with Gasteiger partial charge < -0.3 is 10.5 Å². The van der Waals surface area contributed by atoms with Crippen LogP contribution < -0.4 is 11.4 Å². The lowest BCUT2D eigenvalue weighted by Crippen LogP contribution is -2.47. The molecule has 2 unspecified atom stereocenters. The first kappa shape index (κ1) is 14.8. The van der Waals surface area contributed by atoms with Crippen LogP contribution in [0, 0.1) is 0 Å². The highest BCUT2D eigenvalue weighted by molar-refractivity contribution is 7.99. The number of aromatic nitrogens is 3. The summed E-state index contributed by atoms with van der Waals surface area (Å²) in [6.07, 6.45) is 0.422. The predicted octanol–water partition coefficient (Wildman–Crippen LogP) is -0.130. The molecule has 0 spiro atoms. The van der Waals surface area contributed by atoms with Gasteiger partial charge in [0, 0.05) is 12.3 Å². The Labute approximate surface area is 109 Å². The molecular formula is C10H18N4O3S. The van der Waals surface area contributed by atoms with Crippen LogP contribution in [0.5, 0.6) is 0 Å². The zero-order chi connectivity index (χ0) is 13.9. The summed E-state index contributed by atoms with van der Waals surface area (Å²) in [6, 6.07) is 0. The van der Waals surface area contributed by atoms with Crippen molar-refractivity contribution in [3.63, 3.8) is 0 Å². The van der Waals surface area contributed by atoms with Gasteiger partial charge >= 0.3 is 11.7 Å². The van der Waals surface area contributed by atoms with E-state index in [1.807, 2.05) is 6.92 Å². The van der Waals surface area contributed by atoms with Gasteiger partial charge in [-0.2, -0.15) is 0 Å². The largest absolute Gasteiger partial charge is 0.468 e. The number of H-pyrrole nitrogens is 1. The number of nitrogens with two attached hydrogens (primary N) is 1. The van der Waals surface area contributed by atoms with Gasteiger partial charge in [0.2, 0.25) is 0 Å². The van der Waals surface area contributed by atoms with Gasteiger partial charge in [-0.15, -0.1) is 5.10 Å². The SMILES string of the molecule is COC(=O)C(C)(N)CC(C)Sc1n[nH]c(=O)n1C. The molecule has 1 rings (SSSR count). The summed E-state index contributed by atoms with van der Waals surface area (Å²) < 4.78 is 6.05. The molecule has 7 nitrogen and oxygen atoms in total. The summed E-state index contributed by atoms with van der Waals surface area (Å²) >= 11 is 1.38. The van der Waals surface area contributed by atoms with Crippen molar-refractivity contribution >= 4 is 17.7 Å². The first-order chi connectivity index (χ1) is 8.27. The number of esters is 1. The Morgan fingerprint density at radius 2 is 2.33 bits per heavy atom. The minimum Gasteiger partial charge on any atom is -0.468 e. The summed E-state index contributed by atoms with van der Waals surface area (Å²) in [5.41, 5.74) is 4.57. The minimum atomic E-state index is -1.05. The number of rotatable bonds is 5. The number of carbonyl (C=O) groups is 1. The maximum Gasteiger partial charge on any atom is 0.343 e. The number of hydrogen-bond donors (Lipinski definition) is 2. The smallest absolute Gasteiger partial charge is 0.343 e. The average Bonchev–Trinajstić information content (AvgIpc) is 2.59. The summed E-state index contributed by atoms with van der Waals surface area (Å²) in [5.74, 6) is -0.453. The fourth-order valence-electron chi connectivity index (χ4n) is 1.57. The Morgan fingerprint density at radius 3 is 2.78 bits per heavy atom. The van der Waals surface area contributed by atoms with E-state index < -0.39 is 11.5 Å². The van der Waals surface area contributed by atoms with Gasteiger partial charge in [0.15, 0.2) is 5.16 Å².